The zero-order valence-corrected chi connectivity index (χ0v) is 27.6. The minimum Gasteiger partial charge on any atom is -0.0610 e. The second-order valence-corrected chi connectivity index (χ2v) is 14.0. The van der Waals surface area contributed by atoms with Crippen LogP contribution in [0.25, 0.3) is 93.5 Å². The summed E-state index contributed by atoms with van der Waals surface area (Å²) in [6, 6.07) is 63.6. The largest absolute Gasteiger partial charge is 0.0610 e. The predicted octanol–water partition coefficient (Wildman–Crippen LogP) is 12.7. The van der Waals surface area contributed by atoms with Crippen LogP contribution >= 0.6 is 0 Å². The average Bonchev–Trinajstić information content (AvgIpc) is 3.51. The van der Waals surface area contributed by atoms with Gasteiger partial charge in [-0.2, -0.15) is 0 Å². The number of hydrogen-bond acceptors (Lipinski definition) is 0. The standard InChI is InChI=1S/C50H32/c1-7-32-19-20-34-21-24-42(46-26-22-33(8-1)48(32)50(34)46)41-16-4-15-39(29-41)37-13-2-11-35(27-37)36-12-3-14-38(28-36)40-23-25-43-44-17-5-9-31-10-6-18-45(49(31)44)47(43)30-40/h1-20,22-23,25-30H,21,24H2. The van der Waals surface area contributed by atoms with Crippen molar-refractivity contribution in [2.45, 2.75) is 12.8 Å². The SMILES string of the molecule is c1cc(C2=c3ccc4cccc5ccc(c3c54)CC2)cc(-c2cccc(-c3cccc(-c4ccc5c(c4)-c4cccc6cccc-5c46)c3)c2)c1. The van der Waals surface area contributed by atoms with Gasteiger partial charge in [-0.05, 0) is 147 Å². The summed E-state index contributed by atoms with van der Waals surface area (Å²) in [5, 5.41) is 9.60. The van der Waals surface area contributed by atoms with E-state index in [0.717, 1.165) is 12.8 Å². The third-order valence-electron chi connectivity index (χ3n) is 11.3. The molecule has 2 aliphatic carbocycles. The van der Waals surface area contributed by atoms with E-state index in [2.05, 4.69) is 170 Å². The van der Waals surface area contributed by atoms with Crippen molar-refractivity contribution in [1.29, 1.82) is 0 Å². The van der Waals surface area contributed by atoms with E-state index in [4.69, 9.17) is 0 Å². The Labute approximate surface area is 291 Å². The first-order valence-electron chi connectivity index (χ1n) is 17.7. The molecule has 11 rings (SSSR count). The molecular formula is C50H32. The molecule has 0 atom stereocenters. The molecule has 0 spiro atoms. The summed E-state index contributed by atoms with van der Waals surface area (Å²) in [5.41, 5.74) is 17.0. The Morgan fingerprint density at radius 1 is 0.280 bits per heavy atom. The van der Waals surface area contributed by atoms with E-state index in [1.165, 1.54) is 110 Å². The molecule has 0 nitrogen and oxygen atoms in total. The number of hydrogen-bond donors (Lipinski definition) is 0. The van der Waals surface area contributed by atoms with Gasteiger partial charge < -0.3 is 0 Å². The Balaban J connectivity index is 0.969. The van der Waals surface area contributed by atoms with Gasteiger partial charge in [-0.15, -0.1) is 0 Å². The van der Waals surface area contributed by atoms with E-state index >= 15 is 0 Å². The van der Waals surface area contributed by atoms with Gasteiger partial charge in [0.25, 0.3) is 0 Å². The molecule has 9 aromatic rings. The molecule has 0 aromatic heterocycles. The lowest BCUT2D eigenvalue weighted by Gasteiger charge is -2.20. The first-order valence-corrected chi connectivity index (χ1v) is 17.7. The van der Waals surface area contributed by atoms with Gasteiger partial charge in [0.2, 0.25) is 0 Å². The van der Waals surface area contributed by atoms with Gasteiger partial charge in [-0.3, -0.25) is 0 Å². The van der Waals surface area contributed by atoms with Crippen LogP contribution in [-0.2, 0) is 6.42 Å². The molecule has 0 N–H and O–H groups in total. The monoisotopic (exact) mass is 632 g/mol. The van der Waals surface area contributed by atoms with Gasteiger partial charge in [-0.1, -0.05) is 146 Å². The Morgan fingerprint density at radius 2 is 0.780 bits per heavy atom. The Bertz CT molecular complexity index is 2900. The highest BCUT2D eigenvalue weighted by atomic mass is 14.2. The number of fused-ring (bicyclic) bond motifs is 3. The second kappa shape index (κ2) is 10.6. The molecule has 9 aromatic carbocycles. The van der Waals surface area contributed by atoms with Gasteiger partial charge in [0, 0.05) is 0 Å². The van der Waals surface area contributed by atoms with E-state index in [9.17, 15) is 0 Å². The lowest BCUT2D eigenvalue weighted by Crippen LogP contribution is -2.16. The van der Waals surface area contributed by atoms with Crippen molar-refractivity contribution in [2.75, 3.05) is 0 Å². The fourth-order valence-electron chi connectivity index (χ4n) is 8.92. The first-order chi connectivity index (χ1) is 24.8. The highest BCUT2D eigenvalue weighted by Crippen LogP contribution is 2.48. The van der Waals surface area contributed by atoms with E-state index < -0.39 is 0 Å². The quantitative estimate of drug-likeness (QED) is 0.181. The smallest absolute Gasteiger partial charge is 0.00264 e. The highest BCUT2D eigenvalue weighted by Gasteiger charge is 2.22. The average molecular weight is 633 g/mol. The Hall–Kier alpha value is -6.24. The van der Waals surface area contributed by atoms with Crippen molar-refractivity contribution in [3.05, 3.63) is 186 Å². The molecule has 0 unspecified atom stereocenters. The number of rotatable bonds is 4. The maximum absolute atomic E-state index is 2.40. The van der Waals surface area contributed by atoms with Crippen LogP contribution in [0, 0.1) is 0 Å². The van der Waals surface area contributed by atoms with Crippen molar-refractivity contribution < 1.29 is 0 Å². The molecular weight excluding hydrogens is 601 g/mol. The van der Waals surface area contributed by atoms with Crippen molar-refractivity contribution in [1.82, 2.24) is 0 Å². The molecule has 2 aliphatic rings. The van der Waals surface area contributed by atoms with Gasteiger partial charge in [-0.25, -0.2) is 0 Å². The van der Waals surface area contributed by atoms with Crippen molar-refractivity contribution in [3.63, 3.8) is 0 Å². The summed E-state index contributed by atoms with van der Waals surface area (Å²) < 4.78 is 0. The zero-order valence-electron chi connectivity index (χ0n) is 27.6. The van der Waals surface area contributed by atoms with Crippen molar-refractivity contribution in [3.8, 4) is 55.6 Å². The van der Waals surface area contributed by atoms with Crippen LogP contribution < -0.4 is 5.22 Å². The van der Waals surface area contributed by atoms with E-state index in [-0.39, 0.29) is 0 Å². The second-order valence-electron chi connectivity index (χ2n) is 14.0. The summed E-state index contributed by atoms with van der Waals surface area (Å²) in [4.78, 5) is 0. The summed E-state index contributed by atoms with van der Waals surface area (Å²) in [7, 11) is 0. The minimum atomic E-state index is 1.06. The molecule has 0 heteroatoms. The maximum atomic E-state index is 2.40. The van der Waals surface area contributed by atoms with Gasteiger partial charge in [0.1, 0.15) is 0 Å². The number of aryl methyl sites for hydroxylation is 1. The molecule has 0 aliphatic heterocycles. The van der Waals surface area contributed by atoms with Crippen LogP contribution in [0.1, 0.15) is 17.5 Å². The van der Waals surface area contributed by atoms with Crippen LogP contribution in [0.5, 0.6) is 0 Å². The van der Waals surface area contributed by atoms with Gasteiger partial charge in [0.05, 0.1) is 0 Å². The topological polar surface area (TPSA) is 0 Å². The van der Waals surface area contributed by atoms with E-state index in [1.54, 1.807) is 0 Å². The molecule has 0 fully saturated rings. The third kappa shape index (κ3) is 4.12. The molecule has 0 saturated heterocycles. The van der Waals surface area contributed by atoms with E-state index in [0.29, 0.717) is 0 Å². The summed E-state index contributed by atoms with van der Waals surface area (Å²) >= 11 is 0. The van der Waals surface area contributed by atoms with Gasteiger partial charge >= 0.3 is 0 Å². The lowest BCUT2D eigenvalue weighted by molar-refractivity contribution is 1.01. The Morgan fingerprint density at radius 3 is 1.44 bits per heavy atom. The molecule has 50 heavy (non-hydrogen) atoms. The van der Waals surface area contributed by atoms with Crippen LogP contribution in [0.3, 0.4) is 0 Å². The normalized spacial score (nSPS) is 13.0. The third-order valence-corrected chi connectivity index (χ3v) is 11.3. The number of benzene rings is 9. The molecule has 0 saturated carbocycles. The fourth-order valence-corrected chi connectivity index (χ4v) is 8.92. The first kappa shape index (κ1) is 27.7. The molecule has 0 amide bonds. The van der Waals surface area contributed by atoms with Crippen LogP contribution in [0.15, 0.2) is 170 Å². The van der Waals surface area contributed by atoms with Crippen molar-refractivity contribution in [2.24, 2.45) is 0 Å². The molecule has 0 heterocycles. The molecule has 232 valence electrons. The summed E-state index contributed by atoms with van der Waals surface area (Å²) in [6.07, 6.45) is 2.13. The maximum Gasteiger partial charge on any atom is -0.00264 e. The van der Waals surface area contributed by atoms with Crippen LogP contribution in [0.2, 0.25) is 0 Å². The minimum absolute atomic E-state index is 1.06. The predicted molar refractivity (Wildman–Crippen MR) is 212 cm³/mol. The van der Waals surface area contributed by atoms with Crippen molar-refractivity contribution >= 4 is 37.9 Å². The van der Waals surface area contributed by atoms with Crippen LogP contribution in [0.4, 0.5) is 0 Å². The van der Waals surface area contributed by atoms with Gasteiger partial charge in [0.15, 0.2) is 0 Å². The van der Waals surface area contributed by atoms with E-state index in [1.807, 2.05) is 0 Å². The lowest BCUT2D eigenvalue weighted by atomic mass is 9.84. The van der Waals surface area contributed by atoms with Crippen LogP contribution in [-0.4, -0.2) is 0 Å². The highest BCUT2D eigenvalue weighted by molar-refractivity contribution is 6.16. The molecule has 0 bridgehead atoms. The molecule has 0 radical (unpaired) electrons. The zero-order chi connectivity index (χ0) is 32.8. The summed E-state index contributed by atoms with van der Waals surface area (Å²) in [6.45, 7) is 0. The summed E-state index contributed by atoms with van der Waals surface area (Å²) in [5.74, 6) is 0. The Kier molecular flexibility index (Phi) is 5.89. The fraction of sp³-hybridized carbons (Fsp3) is 0.0400.